The second-order valence-corrected chi connectivity index (χ2v) is 7.03. The first kappa shape index (κ1) is 18.8. The number of likely N-dealkylation sites (tertiary alicyclic amines) is 1. The number of benzene rings is 1. The van der Waals surface area contributed by atoms with E-state index >= 15 is 0 Å². The van der Waals surface area contributed by atoms with Crippen molar-refractivity contribution in [2.75, 3.05) is 25.5 Å². The van der Waals surface area contributed by atoms with Gasteiger partial charge in [0.15, 0.2) is 0 Å². The van der Waals surface area contributed by atoms with Crippen LogP contribution >= 0.6 is 0 Å². The van der Waals surface area contributed by atoms with E-state index in [1.54, 1.807) is 17.0 Å². The predicted molar refractivity (Wildman–Crippen MR) is 94.1 cm³/mol. The molecule has 0 bridgehead atoms. The van der Waals surface area contributed by atoms with Gasteiger partial charge in [-0.05, 0) is 39.7 Å². The number of ether oxygens (including phenoxy) is 2. The fourth-order valence-corrected chi connectivity index (χ4v) is 2.67. The van der Waals surface area contributed by atoms with Crippen LogP contribution in [0.1, 0.15) is 33.6 Å². The lowest BCUT2D eigenvalue weighted by molar-refractivity contribution is -0.384. The number of rotatable bonds is 4. The highest BCUT2D eigenvalue weighted by Crippen LogP contribution is 2.30. The van der Waals surface area contributed by atoms with Crippen molar-refractivity contribution < 1.29 is 19.2 Å². The van der Waals surface area contributed by atoms with E-state index in [0.717, 1.165) is 0 Å². The van der Waals surface area contributed by atoms with Crippen LogP contribution in [0.4, 0.5) is 16.2 Å². The molecule has 25 heavy (non-hydrogen) atoms. The molecule has 0 spiro atoms. The topological polar surface area (TPSA) is 93.9 Å². The van der Waals surface area contributed by atoms with Crippen molar-refractivity contribution in [3.05, 3.63) is 28.3 Å². The summed E-state index contributed by atoms with van der Waals surface area (Å²) in [5.74, 6) is 0.555. The molecule has 8 heteroatoms. The summed E-state index contributed by atoms with van der Waals surface area (Å²) in [6.45, 7) is 6.60. The summed E-state index contributed by atoms with van der Waals surface area (Å²) in [6, 6.07) is 4.66. The van der Waals surface area contributed by atoms with Gasteiger partial charge < -0.3 is 19.7 Å². The maximum absolute atomic E-state index is 12.1. The summed E-state index contributed by atoms with van der Waals surface area (Å²) in [4.78, 5) is 24.5. The summed E-state index contributed by atoms with van der Waals surface area (Å²) in [6.07, 6.45) is 1.06. The molecule has 1 saturated heterocycles. The van der Waals surface area contributed by atoms with Gasteiger partial charge in [0.1, 0.15) is 17.0 Å². The van der Waals surface area contributed by atoms with E-state index in [1.165, 1.54) is 13.2 Å². The third-order valence-electron chi connectivity index (χ3n) is 3.91. The quantitative estimate of drug-likeness (QED) is 0.660. The summed E-state index contributed by atoms with van der Waals surface area (Å²) in [5.41, 5.74) is -0.0802. The van der Waals surface area contributed by atoms with Crippen molar-refractivity contribution in [3.8, 4) is 5.75 Å². The number of carbonyl (C=O) groups excluding carboxylic acids is 1. The number of anilines is 1. The minimum atomic E-state index is -0.520. The van der Waals surface area contributed by atoms with E-state index in [2.05, 4.69) is 5.32 Å². The fraction of sp³-hybridized carbons (Fsp3) is 0.588. The molecule has 1 aromatic carbocycles. The van der Waals surface area contributed by atoms with Crippen molar-refractivity contribution in [2.24, 2.45) is 0 Å². The largest absolute Gasteiger partial charge is 0.497 e. The van der Waals surface area contributed by atoms with Gasteiger partial charge in [-0.3, -0.25) is 10.1 Å². The van der Waals surface area contributed by atoms with Gasteiger partial charge in [-0.2, -0.15) is 0 Å². The van der Waals surface area contributed by atoms with Gasteiger partial charge in [0, 0.05) is 31.3 Å². The van der Waals surface area contributed by atoms with E-state index < -0.39 is 10.5 Å². The van der Waals surface area contributed by atoms with Crippen molar-refractivity contribution in [1.82, 2.24) is 4.90 Å². The Hall–Kier alpha value is -2.51. The molecule has 1 amide bonds. The zero-order valence-corrected chi connectivity index (χ0v) is 15.1. The molecule has 1 aliphatic rings. The molecular formula is C17H25N3O5. The molecule has 0 radical (unpaired) electrons. The van der Waals surface area contributed by atoms with Crippen molar-refractivity contribution in [3.63, 3.8) is 0 Å². The van der Waals surface area contributed by atoms with Crippen molar-refractivity contribution in [1.29, 1.82) is 0 Å². The van der Waals surface area contributed by atoms with Crippen LogP contribution < -0.4 is 10.1 Å². The monoisotopic (exact) mass is 351 g/mol. The minimum Gasteiger partial charge on any atom is -0.497 e. The average Bonchev–Trinajstić information content (AvgIpc) is 2.53. The number of nitrogens with zero attached hydrogens (tertiary/aromatic N) is 2. The fourth-order valence-electron chi connectivity index (χ4n) is 2.67. The van der Waals surface area contributed by atoms with Crippen molar-refractivity contribution >= 4 is 17.5 Å². The van der Waals surface area contributed by atoms with E-state index in [0.29, 0.717) is 37.4 Å². The van der Waals surface area contributed by atoms with E-state index in [9.17, 15) is 14.9 Å². The van der Waals surface area contributed by atoms with Crippen LogP contribution in [-0.4, -0.2) is 47.8 Å². The number of piperidine rings is 1. The first-order valence-electron chi connectivity index (χ1n) is 8.26. The molecule has 0 aromatic heterocycles. The normalized spacial score (nSPS) is 15.6. The third kappa shape index (κ3) is 5.23. The molecular weight excluding hydrogens is 326 g/mol. The molecule has 1 heterocycles. The third-order valence-corrected chi connectivity index (χ3v) is 3.91. The number of nitro groups is 1. The first-order valence-corrected chi connectivity index (χ1v) is 8.26. The van der Waals surface area contributed by atoms with Gasteiger partial charge >= 0.3 is 6.09 Å². The molecule has 0 aliphatic carbocycles. The predicted octanol–water partition coefficient (Wildman–Crippen LogP) is 3.41. The molecule has 1 aromatic rings. The van der Waals surface area contributed by atoms with Gasteiger partial charge in [0.05, 0.1) is 12.0 Å². The lowest BCUT2D eigenvalue weighted by Crippen LogP contribution is -2.44. The number of nitrogens with one attached hydrogen (secondary N) is 1. The highest BCUT2D eigenvalue weighted by Gasteiger charge is 2.28. The Kier molecular flexibility index (Phi) is 5.71. The minimum absolute atomic E-state index is 0.00960. The van der Waals surface area contributed by atoms with Crippen LogP contribution in [0.25, 0.3) is 0 Å². The van der Waals surface area contributed by atoms with Gasteiger partial charge in [0.2, 0.25) is 0 Å². The standard InChI is InChI=1S/C17H25N3O5/c1-17(2,3)25-16(21)19-9-7-12(8-10-19)18-14-11-13(24-4)5-6-15(14)20(22)23/h5-6,11-12,18H,7-10H2,1-4H3. The van der Waals surface area contributed by atoms with Crippen LogP contribution in [0.2, 0.25) is 0 Å². The van der Waals surface area contributed by atoms with E-state index in [-0.39, 0.29) is 17.8 Å². The van der Waals surface area contributed by atoms with Crippen LogP contribution in [-0.2, 0) is 4.74 Å². The van der Waals surface area contributed by atoms with E-state index in [1.807, 2.05) is 20.8 Å². The Balaban J connectivity index is 1.98. The molecule has 2 rings (SSSR count). The summed E-state index contributed by atoms with van der Waals surface area (Å²) in [7, 11) is 1.52. The number of nitro benzene ring substituents is 1. The summed E-state index contributed by atoms with van der Waals surface area (Å²) in [5, 5.41) is 14.4. The lowest BCUT2D eigenvalue weighted by Gasteiger charge is -2.34. The second-order valence-electron chi connectivity index (χ2n) is 7.03. The summed E-state index contributed by atoms with van der Waals surface area (Å²) < 4.78 is 10.5. The average molecular weight is 351 g/mol. The molecule has 138 valence electrons. The van der Waals surface area contributed by atoms with Gasteiger partial charge in [-0.15, -0.1) is 0 Å². The Morgan fingerprint density at radius 2 is 1.96 bits per heavy atom. The SMILES string of the molecule is COc1ccc([N+](=O)[O-])c(NC2CCN(C(=O)OC(C)(C)C)CC2)c1. The zero-order chi connectivity index (χ0) is 18.6. The molecule has 1 fully saturated rings. The molecule has 8 nitrogen and oxygen atoms in total. The van der Waals surface area contributed by atoms with Gasteiger partial charge in [-0.25, -0.2) is 4.79 Å². The molecule has 0 unspecified atom stereocenters. The van der Waals surface area contributed by atoms with Crippen LogP contribution in [0.5, 0.6) is 5.75 Å². The molecule has 0 atom stereocenters. The van der Waals surface area contributed by atoms with Crippen molar-refractivity contribution in [2.45, 2.75) is 45.3 Å². The van der Waals surface area contributed by atoms with E-state index in [4.69, 9.17) is 9.47 Å². The Labute approximate surface area is 147 Å². The highest BCUT2D eigenvalue weighted by atomic mass is 16.6. The Morgan fingerprint density at radius 3 is 2.48 bits per heavy atom. The van der Waals surface area contributed by atoms with Crippen LogP contribution in [0, 0.1) is 10.1 Å². The maximum Gasteiger partial charge on any atom is 0.410 e. The second kappa shape index (κ2) is 7.58. The summed E-state index contributed by atoms with van der Waals surface area (Å²) >= 11 is 0. The molecule has 0 saturated carbocycles. The number of hydrogen-bond acceptors (Lipinski definition) is 6. The number of hydrogen-bond donors (Lipinski definition) is 1. The van der Waals surface area contributed by atoms with Crippen LogP contribution in [0.15, 0.2) is 18.2 Å². The smallest absolute Gasteiger partial charge is 0.410 e. The first-order chi connectivity index (χ1) is 11.7. The van der Waals surface area contributed by atoms with Crippen LogP contribution in [0.3, 0.4) is 0 Å². The zero-order valence-electron chi connectivity index (χ0n) is 15.1. The number of methoxy groups -OCH3 is 1. The number of carbonyl (C=O) groups is 1. The Morgan fingerprint density at radius 1 is 1.32 bits per heavy atom. The highest BCUT2D eigenvalue weighted by molar-refractivity contribution is 5.68. The number of amides is 1. The lowest BCUT2D eigenvalue weighted by atomic mass is 10.0. The molecule has 1 N–H and O–H groups in total. The maximum atomic E-state index is 12.1. The molecule has 1 aliphatic heterocycles. The van der Waals surface area contributed by atoms with Gasteiger partial charge in [-0.1, -0.05) is 0 Å². The Bertz CT molecular complexity index is 634. The van der Waals surface area contributed by atoms with Gasteiger partial charge in [0.25, 0.3) is 5.69 Å².